The summed E-state index contributed by atoms with van der Waals surface area (Å²) in [6, 6.07) is 15.3. The van der Waals surface area contributed by atoms with Gasteiger partial charge in [0, 0.05) is 17.1 Å². The van der Waals surface area contributed by atoms with Crippen LogP contribution < -0.4 is 0 Å². The van der Waals surface area contributed by atoms with Gasteiger partial charge in [-0.1, -0.05) is 36.4 Å². The smallest absolute Gasteiger partial charge is 0.0684 e. The Bertz CT molecular complexity index is 615. The van der Waals surface area contributed by atoms with Crippen LogP contribution in [0, 0.1) is 0 Å². The number of nitrogens with zero attached hydrogens (tertiary/aromatic N) is 1. The SMILES string of the molecule is CC1=C(C)N(Cc2ccc3ccccc3c2)CS1. The Kier molecular flexibility index (Phi) is 3.04. The lowest BCUT2D eigenvalue weighted by atomic mass is 10.1. The standard InChI is InChI=1S/C16H17NS/c1-12-13(2)18-11-17(12)10-14-7-8-15-5-3-4-6-16(15)9-14/h3-9H,10-11H2,1-2H3. The van der Waals surface area contributed by atoms with E-state index in [9.17, 15) is 0 Å². The van der Waals surface area contributed by atoms with Crippen LogP contribution >= 0.6 is 11.8 Å². The van der Waals surface area contributed by atoms with Crippen molar-refractivity contribution in [3.8, 4) is 0 Å². The lowest BCUT2D eigenvalue weighted by Crippen LogP contribution is -2.16. The van der Waals surface area contributed by atoms with Gasteiger partial charge < -0.3 is 4.90 Å². The molecule has 0 unspecified atom stereocenters. The number of hydrogen-bond donors (Lipinski definition) is 0. The molecule has 92 valence electrons. The molecule has 18 heavy (non-hydrogen) atoms. The van der Waals surface area contributed by atoms with Gasteiger partial charge in [0.25, 0.3) is 0 Å². The van der Waals surface area contributed by atoms with Gasteiger partial charge in [-0.05, 0) is 36.2 Å². The zero-order valence-electron chi connectivity index (χ0n) is 10.8. The van der Waals surface area contributed by atoms with Crippen LogP contribution in [0.25, 0.3) is 10.8 Å². The van der Waals surface area contributed by atoms with E-state index in [1.54, 1.807) is 0 Å². The lowest BCUT2D eigenvalue weighted by Gasteiger charge is -2.19. The van der Waals surface area contributed by atoms with Gasteiger partial charge >= 0.3 is 0 Å². The summed E-state index contributed by atoms with van der Waals surface area (Å²) in [5.74, 6) is 1.09. The van der Waals surface area contributed by atoms with Crippen molar-refractivity contribution in [1.82, 2.24) is 4.90 Å². The van der Waals surface area contributed by atoms with Crippen molar-refractivity contribution < 1.29 is 0 Å². The molecule has 3 rings (SSSR count). The van der Waals surface area contributed by atoms with Crippen molar-refractivity contribution in [2.24, 2.45) is 0 Å². The molecule has 1 heterocycles. The van der Waals surface area contributed by atoms with Crippen LogP contribution in [-0.4, -0.2) is 10.8 Å². The first kappa shape index (κ1) is 11.7. The molecule has 0 bridgehead atoms. The minimum atomic E-state index is 1.01. The van der Waals surface area contributed by atoms with Gasteiger partial charge in [-0.3, -0.25) is 0 Å². The van der Waals surface area contributed by atoms with E-state index >= 15 is 0 Å². The van der Waals surface area contributed by atoms with Crippen LogP contribution in [0.15, 0.2) is 53.1 Å². The average Bonchev–Trinajstić information content (AvgIpc) is 2.71. The van der Waals surface area contributed by atoms with Crippen LogP contribution in [0.1, 0.15) is 19.4 Å². The topological polar surface area (TPSA) is 3.24 Å². The fourth-order valence-corrected chi connectivity index (χ4v) is 3.29. The predicted molar refractivity (Wildman–Crippen MR) is 80.3 cm³/mol. The van der Waals surface area contributed by atoms with Crippen LogP contribution in [0.5, 0.6) is 0 Å². The van der Waals surface area contributed by atoms with E-state index in [1.807, 2.05) is 11.8 Å². The second-order valence-corrected chi connectivity index (χ2v) is 5.95. The highest BCUT2D eigenvalue weighted by Gasteiger charge is 2.16. The van der Waals surface area contributed by atoms with E-state index in [4.69, 9.17) is 0 Å². The van der Waals surface area contributed by atoms with E-state index in [-0.39, 0.29) is 0 Å². The molecule has 0 N–H and O–H groups in total. The van der Waals surface area contributed by atoms with Crippen LogP contribution in [0.2, 0.25) is 0 Å². The zero-order chi connectivity index (χ0) is 12.5. The molecule has 0 amide bonds. The van der Waals surface area contributed by atoms with Gasteiger partial charge in [0.1, 0.15) is 0 Å². The highest BCUT2D eigenvalue weighted by atomic mass is 32.2. The fraction of sp³-hybridized carbons (Fsp3) is 0.250. The second kappa shape index (κ2) is 4.69. The molecule has 0 fully saturated rings. The molecule has 0 spiro atoms. The van der Waals surface area contributed by atoms with Gasteiger partial charge in [0.05, 0.1) is 5.88 Å². The summed E-state index contributed by atoms with van der Waals surface area (Å²) in [5, 5.41) is 2.65. The molecule has 0 aromatic heterocycles. The quantitative estimate of drug-likeness (QED) is 0.771. The lowest BCUT2D eigenvalue weighted by molar-refractivity contribution is 0.403. The van der Waals surface area contributed by atoms with Gasteiger partial charge in [-0.2, -0.15) is 0 Å². The summed E-state index contributed by atoms with van der Waals surface area (Å²) in [6.07, 6.45) is 0. The number of thioether (sulfide) groups is 1. The minimum Gasteiger partial charge on any atom is -0.360 e. The molecule has 0 saturated carbocycles. The highest BCUT2D eigenvalue weighted by molar-refractivity contribution is 8.03. The van der Waals surface area contributed by atoms with Crippen molar-refractivity contribution in [2.45, 2.75) is 20.4 Å². The third kappa shape index (κ3) is 2.13. The Hall–Kier alpha value is -1.41. The Balaban J connectivity index is 1.87. The molecule has 2 aromatic rings. The Morgan fingerprint density at radius 1 is 1.06 bits per heavy atom. The molecular formula is C16H17NS. The van der Waals surface area contributed by atoms with E-state index in [0.717, 1.165) is 12.4 Å². The maximum absolute atomic E-state index is 2.45. The molecule has 0 saturated heterocycles. The number of fused-ring (bicyclic) bond motifs is 1. The van der Waals surface area contributed by atoms with Gasteiger partial charge in [-0.15, -0.1) is 11.8 Å². The molecular weight excluding hydrogens is 238 g/mol. The van der Waals surface area contributed by atoms with Crippen molar-refractivity contribution in [2.75, 3.05) is 5.88 Å². The largest absolute Gasteiger partial charge is 0.360 e. The Morgan fingerprint density at radius 2 is 1.83 bits per heavy atom. The summed E-state index contributed by atoms with van der Waals surface area (Å²) < 4.78 is 0. The highest BCUT2D eigenvalue weighted by Crippen LogP contribution is 2.32. The van der Waals surface area contributed by atoms with Crippen molar-refractivity contribution in [3.05, 3.63) is 58.6 Å². The third-order valence-electron chi connectivity index (χ3n) is 3.61. The molecule has 2 aromatic carbocycles. The molecule has 0 aliphatic carbocycles. The Labute approximate surface area is 112 Å². The zero-order valence-corrected chi connectivity index (χ0v) is 11.6. The molecule has 0 atom stereocenters. The van der Waals surface area contributed by atoms with Crippen molar-refractivity contribution in [3.63, 3.8) is 0 Å². The average molecular weight is 255 g/mol. The van der Waals surface area contributed by atoms with Crippen LogP contribution in [-0.2, 0) is 6.54 Å². The van der Waals surface area contributed by atoms with E-state index in [1.165, 1.54) is 26.9 Å². The molecule has 1 aliphatic heterocycles. The Morgan fingerprint density at radius 3 is 2.56 bits per heavy atom. The monoisotopic (exact) mass is 255 g/mol. The van der Waals surface area contributed by atoms with Crippen molar-refractivity contribution >= 4 is 22.5 Å². The maximum Gasteiger partial charge on any atom is 0.0684 e. The van der Waals surface area contributed by atoms with E-state index < -0.39 is 0 Å². The minimum absolute atomic E-state index is 1.01. The summed E-state index contributed by atoms with van der Waals surface area (Å²) in [6.45, 7) is 5.44. The van der Waals surface area contributed by atoms with Crippen molar-refractivity contribution in [1.29, 1.82) is 0 Å². The number of hydrogen-bond acceptors (Lipinski definition) is 2. The van der Waals surface area contributed by atoms with Gasteiger partial charge in [0.15, 0.2) is 0 Å². The van der Waals surface area contributed by atoms with E-state index in [2.05, 4.69) is 61.2 Å². The normalized spacial score (nSPS) is 15.8. The first-order chi connectivity index (χ1) is 8.74. The summed E-state index contributed by atoms with van der Waals surface area (Å²) >= 11 is 1.94. The van der Waals surface area contributed by atoms with Gasteiger partial charge in [0.2, 0.25) is 0 Å². The maximum atomic E-state index is 2.45. The fourth-order valence-electron chi connectivity index (χ4n) is 2.32. The summed E-state index contributed by atoms with van der Waals surface area (Å²) in [7, 11) is 0. The molecule has 1 nitrogen and oxygen atoms in total. The predicted octanol–water partition coefficient (Wildman–Crippen LogP) is 4.60. The molecule has 0 radical (unpaired) electrons. The molecule has 2 heteroatoms. The van der Waals surface area contributed by atoms with Crippen LogP contribution in [0.3, 0.4) is 0 Å². The number of rotatable bonds is 2. The van der Waals surface area contributed by atoms with E-state index in [0.29, 0.717) is 0 Å². The third-order valence-corrected chi connectivity index (χ3v) is 4.78. The summed E-state index contributed by atoms with van der Waals surface area (Å²) in [5.41, 5.74) is 2.82. The van der Waals surface area contributed by atoms with Gasteiger partial charge in [-0.25, -0.2) is 0 Å². The first-order valence-electron chi connectivity index (χ1n) is 6.27. The van der Waals surface area contributed by atoms with Crippen LogP contribution in [0.4, 0.5) is 0 Å². The number of benzene rings is 2. The summed E-state index contributed by atoms with van der Waals surface area (Å²) in [4.78, 5) is 3.90. The first-order valence-corrected chi connectivity index (χ1v) is 7.25. The number of allylic oxidation sites excluding steroid dienone is 2. The second-order valence-electron chi connectivity index (χ2n) is 4.79. The molecule has 1 aliphatic rings.